The number of benzene rings is 1. The number of aromatic nitrogens is 3. The first-order valence-corrected chi connectivity index (χ1v) is 14.8. The molecule has 0 radical (unpaired) electrons. The molecule has 1 atom stereocenters. The predicted octanol–water partition coefficient (Wildman–Crippen LogP) is 5.61. The number of carbonyl (C=O) groups excluding carboxylic acids is 2. The van der Waals surface area contributed by atoms with Gasteiger partial charge in [0.15, 0.2) is 11.0 Å². The molecule has 0 fully saturated rings. The van der Waals surface area contributed by atoms with Crippen LogP contribution in [0, 0.1) is 22.7 Å². The highest BCUT2D eigenvalue weighted by atomic mass is 35.5. The first-order chi connectivity index (χ1) is 18.6. The van der Waals surface area contributed by atoms with Crippen LogP contribution >= 0.6 is 34.7 Å². The fraction of sp³-hybridized carbons (Fsp3) is 0.393. The maximum Gasteiger partial charge on any atom is 0.244 e. The van der Waals surface area contributed by atoms with Gasteiger partial charge in [-0.05, 0) is 53.9 Å². The lowest BCUT2D eigenvalue weighted by atomic mass is 9.72. The molecule has 2 amide bonds. The van der Waals surface area contributed by atoms with Crippen molar-refractivity contribution >= 4 is 57.6 Å². The first-order valence-electron chi connectivity index (χ1n) is 12.6. The third-order valence-electron chi connectivity index (χ3n) is 6.85. The first kappa shape index (κ1) is 28.9. The van der Waals surface area contributed by atoms with E-state index >= 15 is 0 Å². The number of thioether (sulfide) groups is 1. The van der Waals surface area contributed by atoms with Crippen LogP contribution in [-0.2, 0) is 36.0 Å². The van der Waals surface area contributed by atoms with E-state index in [1.165, 1.54) is 34.1 Å². The Morgan fingerprint density at radius 2 is 2.08 bits per heavy atom. The molecule has 0 spiro atoms. The van der Waals surface area contributed by atoms with Crippen molar-refractivity contribution < 1.29 is 9.59 Å². The maximum absolute atomic E-state index is 12.8. The second kappa shape index (κ2) is 12.4. The molecule has 11 heteroatoms. The van der Waals surface area contributed by atoms with Gasteiger partial charge in [-0.3, -0.25) is 9.59 Å². The Morgan fingerprint density at radius 3 is 2.79 bits per heavy atom. The van der Waals surface area contributed by atoms with Crippen molar-refractivity contribution in [1.29, 1.82) is 5.26 Å². The van der Waals surface area contributed by atoms with Gasteiger partial charge in [0.25, 0.3) is 0 Å². The van der Waals surface area contributed by atoms with Gasteiger partial charge in [-0.2, -0.15) is 5.26 Å². The molecule has 0 saturated heterocycles. The molecule has 2 heterocycles. The van der Waals surface area contributed by atoms with Gasteiger partial charge in [0.05, 0.1) is 17.9 Å². The van der Waals surface area contributed by atoms with Gasteiger partial charge in [0.2, 0.25) is 11.8 Å². The standard InChI is InChI=1S/C28H31ClN6O2S2/c1-28(2,3)18-10-11-19-20(14-30)26(39-22(19)13-18)32-25(37)16-38-27-34-33-23(35(27)4)15-31-24(36)12-9-17-7-5-6-8-21(17)29/h5-9,12,18H,10-11,13,15-16H2,1-4H3,(H,31,36)(H,32,37)/b12-9+/t18-/m0/s1. The molecule has 1 aliphatic carbocycles. The van der Waals surface area contributed by atoms with Crippen molar-refractivity contribution in [2.75, 3.05) is 11.1 Å². The van der Waals surface area contributed by atoms with Crippen LogP contribution in [0.4, 0.5) is 5.00 Å². The Kier molecular flexibility index (Phi) is 9.15. The van der Waals surface area contributed by atoms with Crippen LogP contribution in [-0.4, -0.2) is 32.3 Å². The number of hydrogen-bond acceptors (Lipinski definition) is 7. The van der Waals surface area contributed by atoms with E-state index < -0.39 is 0 Å². The molecule has 204 valence electrons. The van der Waals surface area contributed by atoms with E-state index in [2.05, 4.69) is 47.7 Å². The summed E-state index contributed by atoms with van der Waals surface area (Å²) >= 11 is 8.89. The van der Waals surface area contributed by atoms with Gasteiger partial charge in [-0.25, -0.2) is 0 Å². The number of thiophene rings is 1. The minimum absolute atomic E-state index is 0.122. The van der Waals surface area contributed by atoms with Crippen LogP contribution in [0.3, 0.4) is 0 Å². The molecule has 1 aromatic carbocycles. The molecule has 39 heavy (non-hydrogen) atoms. The number of carbonyl (C=O) groups is 2. The molecule has 3 aromatic rings. The zero-order chi connectivity index (χ0) is 28.2. The van der Waals surface area contributed by atoms with Crippen molar-refractivity contribution in [1.82, 2.24) is 20.1 Å². The number of nitrogens with one attached hydrogen (secondary N) is 2. The van der Waals surface area contributed by atoms with E-state index in [9.17, 15) is 14.9 Å². The molecule has 1 aliphatic rings. The number of nitriles is 1. The Balaban J connectivity index is 1.31. The van der Waals surface area contributed by atoms with E-state index in [1.54, 1.807) is 23.8 Å². The van der Waals surface area contributed by atoms with Crippen molar-refractivity contribution in [3.63, 3.8) is 0 Å². The molecule has 8 nitrogen and oxygen atoms in total. The largest absolute Gasteiger partial charge is 0.345 e. The lowest BCUT2D eigenvalue weighted by molar-refractivity contribution is -0.116. The Hall–Kier alpha value is -3.13. The topological polar surface area (TPSA) is 113 Å². The normalized spacial score (nSPS) is 15.1. The van der Waals surface area contributed by atoms with Crippen LogP contribution < -0.4 is 10.6 Å². The lowest BCUT2D eigenvalue weighted by Gasteiger charge is -2.33. The van der Waals surface area contributed by atoms with E-state index in [0.29, 0.717) is 32.5 Å². The summed E-state index contributed by atoms with van der Waals surface area (Å²) < 4.78 is 1.74. The summed E-state index contributed by atoms with van der Waals surface area (Å²) in [6.45, 7) is 6.95. The van der Waals surface area contributed by atoms with Gasteiger partial charge in [-0.1, -0.05) is 62.3 Å². The number of hydrogen-bond donors (Lipinski definition) is 2. The summed E-state index contributed by atoms with van der Waals surface area (Å²) in [4.78, 5) is 26.2. The minimum Gasteiger partial charge on any atom is -0.345 e. The van der Waals surface area contributed by atoms with Crippen molar-refractivity contribution in [2.45, 2.75) is 51.7 Å². The van der Waals surface area contributed by atoms with Crippen LogP contribution in [0.1, 0.15) is 54.6 Å². The fourth-order valence-corrected chi connectivity index (χ4v) is 6.67. The molecule has 4 rings (SSSR count). The number of amides is 2. The second-order valence-electron chi connectivity index (χ2n) is 10.5. The highest BCUT2D eigenvalue weighted by molar-refractivity contribution is 7.99. The van der Waals surface area contributed by atoms with Gasteiger partial charge in [0, 0.05) is 23.0 Å². The summed E-state index contributed by atoms with van der Waals surface area (Å²) in [6, 6.07) is 9.57. The van der Waals surface area contributed by atoms with Gasteiger partial charge in [0.1, 0.15) is 11.1 Å². The smallest absolute Gasteiger partial charge is 0.244 e. The molecule has 2 N–H and O–H groups in total. The average Bonchev–Trinajstić information content (AvgIpc) is 3.43. The van der Waals surface area contributed by atoms with Crippen molar-refractivity contribution in [3.8, 4) is 6.07 Å². The predicted molar refractivity (Wildman–Crippen MR) is 157 cm³/mol. The Morgan fingerprint density at radius 1 is 1.31 bits per heavy atom. The number of rotatable bonds is 8. The molecule has 0 saturated carbocycles. The quantitative estimate of drug-likeness (QED) is 0.263. The van der Waals surface area contributed by atoms with E-state index in [0.717, 1.165) is 30.4 Å². The maximum atomic E-state index is 12.8. The second-order valence-corrected chi connectivity index (χ2v) is 12.9. The summed E-state index contributed by atoms with van der Waals surface area (Å²) in [5, 5.41) is 25.6. The number of halogens is 1. The van der Waals surface area contributed by atoms with Crippen molar-refractivity contribution in [3.05, 3.63) is 62.8 Å². The molecule has 0 unspecified atom stereocenters. The number of anilines is 1. The van der Waals surface area contributed by atoms with E-state index in [1.807, 2.05) is 18.2 Å². The zero-order valence-electron chi connectivity index (χ0n) is 22.4. The van der Waals surface area contributed by atoms with Crippen LogP contribution in [0.15, 0.2) is 35.5 Å². The molecule has 0 aliphatic heterocycles. The monoisotopic (exact) mass is 582 g/mol. The van der Waals surface area contributed by atoms with Crippen LogP contribution in [0.5, 0.6) is 0 Å². The molecular formula is C28H31ClN6O2S2. The summed E-state index contributed by atoms with van der Waals surface area (Å²) in [5.41, 5.74) is 2.65. The minimum atomic E-state index is -0.285. The third-order valence-corrected chi connectivity index (χ3v) is 9.39. The third kappa shape index (κ3) is 7.10. The van der Waals surface area contributed by atoms with E-state index in [4.69, 9.17) is 11.6 Å². The van der Waals surface area contributed by atoms with Crippen LogP contribution in [0.25, 0.3) is 6.08 Å². The lowest BCUT2D eigenvalue weighted by Crippen LogP contribution is -2.26. The molecule has 0 bridgehead atoms. The van der Waals surface area contributed by atoms with Gasteiger partial charge < -0.3 is 15.2 Å². The Bertz CT molecular complexity index is 1450. The summed E-state index contributed by atoms with van der Waals surface area (Å²) in [6.07, 6.45) is 5.93. The van der Waals surface area contributed by atoms with Gasteiger partial charge >= 0.3 is 0 Å². The number of nitrogens with zero attached hydrogens (tertiary/aromatic N) is 4. The van der Waals surface area contributed by atoms with E-state index in [-0.39, 0.29) is 29.5 Å². The highest BCUT2D eigenvalue weighted by Gasteiger charge is 2.32. The Labute approximate surface area is 241 Å². The zero-order valence-corrected chi connectivity index (χ0v) is 24.8. The fourth-order valence-electron chi connectivity index (χ4n) is 4.45. The average molecular weight is 583 g/mol. The van der Waals surface area contributed by atoms with Crippen LogP contribution in [0.2, 0.25) is 5.02 Å². The van der Waals surface area contributed by atoms with Gasteiger partial charge in [-0.15, -0.1) is 21.5 Å². The molecular weight excluding hydrogens is 552 g/mol. The summed E-state index contributed by atoms with van der Waals surface area (Å²) in [7, 11) is 1.79. The van der Waals surface area contributed by atoms with Crippen molar-refractivity contribution in [2.24, 2.45) is 18.4 Å². The number of fused-ring (bicyclic) bond motifs is 1. The summed E-state index contributed by atoms with van der Waals surface area (Å²) in [5.74, 6) is 0.750. The highest BCUT2D eigenvalue weighted by Crippen LogP contribution is 2.44. The SMILES string of the molecule is Cn1c(CNC(=O)/C=C/c2ccccc2Cl)nnc1SCC(=O)Nc1sc2c(c1C#N)CC[C@H](C(C)(C)C)C2. The molecule has 2 aromatic heterocycles.